The molecule has 2 heterocycles. The third-order valence-corrected chi connectivity index (χ3v) is 8.59. The van der Waals surface area contributed by atoms with Crippen molar-refractivity contribution >= 4 is 0 Å². The quantitative estimate of drug-likeness (QED) is 0.312. The molecular formula is C33H47N3O2. The zero-order valence-electron chi connectivity index (χ0n) is 24.6. The van der Waals surface area contributed by atoms with Gasteiger partial charge in [0, 0.05) is 37.0 Å². The Balaban J connectivity index is 1.75. The number of hydrogen-bond acceptors (Lipinski definition) is 4. The molecule has 1 aromatic heterocycles. The van der Waals surface area contributed by atoms with E-state index < -0.39 is 5.60 Å². The van der Waals surface area contributed by atoms with Crippen molar-refractivity contribution in [2.45, 2.75) is 105 Å². The van der Waals surface area contributed by atoms with Gasteiger partial charge in [0.05, 0.1) is 23.6 Å². The minimum Gasteiger partial charge on any atom is -0.385 e. The van der Waals surface area contributed by atoms with Gasteiger partial charge in [-0.05, 0) is 80.7 Å². The lowest BCUT2D eigenvalue weighted by Crippen LogP contribution is -2.43. The summed E-state index contributed by atoms with van der Waals surface area (Å²) < 4.78 is 8.15. The molecule has 0 spiro atoms. The number of rotatable bonds is 11. The van der Waals surface area contributed by atoms with Gasteiger partial charge >= 0.3 is 0 Å². The maximum absolute atomic E-state index is 11.2. The summed E-state index contributed by atoms with van der Waals surface area (Å²) >= 11 is 0. The third-order valence-electron chi connectivity index (χ3n) is 8.59. The van der Waals surface area contributed by atoms with Gasteiger partial charge in [-0.15, -0.1) is 0 Å². The van der Waals surface area contributed by atoms with Gasteiger partial charge in [-0.1, -0.05) is 64.1 Å². The molecule has 1 aliphatic heterocycles. The van der Waals surface area contributed by atoms with E-state index in [2.05, 4.69) is 94.4 Å². The molecule has 1 aliphatic rings. The Morgan fingerprint density at radius 2 is 1.63 bits per heavy atom. The first-order valence-electron chi connectivity index (χ1n) is 14.6. The molecule has 1 N–H and O–H groups in total. The number of aryl methyl sites for hydroxylation is 3. The largest absolute Gasteiger partial charge is 0.385 e. The molecule has 206 valence electrons. The van der Waals surface area contributed by atoms with Crippen LogP contribution in [0.4, 0.5) is 0 Å². The Hall–Kier alpha value is -2.47. The predicted molar refractivity (Wildman–Crippen MR) is 156 cm³/mol. The summed E-state index contributed by atoms with van der Waals surface area (Å²) in [5.74, 6) is 0. The SMILES string of the molecule is CCOCC1Cc2ccccc2CN1Cc1c(CC)nn(-c2c(C)cc(C(O)(CC)CC)cc2C)c1CC. The molecule has 0 aliphatic carbocycles. The van der Waals surface area contributed by atoms with Crippen LogP contribution in [0, 0.1) is 13.8 Å². The number of fused-ring (bicyclic) bond motifs is 1. The molecule has 5 nitrogen and oxygen atoms in total. The van der Waals surface area contributed by atoms with E-state index in [1.807, 2.05) is 0 Å². The Morgan fingerprint density at radius 3 is 2.21 bits per heavy atom. The second-order valence-electron chi connectivity index (χ2n) is 10.9. The average molecular weight is 518 g/mol. The van der Waals surface area contributed by atoms with Crippen LogP contribution in [0.5, 0.6) is 0 Å². The minimum atomic E-state index is -0.786. The lowest BCUT2D eigenvalue weighted by atomic mass is 9.86. The van der Waals surface area contributed by atoms with Crippen molar-refractivity contribution in [3.05, 3.63) is 81.2 Å². The van der Waals surface area contributed by atoms with E-state index in [1.54, 1.807) is 0 Å². The van der Waals surface area contributed by atoms with E-state index in [-0.39, 0.29) is 0 Å². The number of aliphatic hydroxyl groups is 1. The summed E-state index contributed by atoms with van der Waals surface area (Å²) in [4.78, 5) is 2.60. The van der Waals surface area contributed by atoms with Crippen LogP contribution >= 0.6 is 0 Å². The van der Waals surface area contributed by atoms with Crippen molar-refractivity contribution in [1.29, 1.82) is 0 Å². The lowest BCUT2D eigenvalue weighted by molar-refractivity contribution is 0.0283. The number of aromatic nitrogens is 2. The zero-order valence-corrected chi connectivity index (χ0v) is 24.6. The molecular weight excluding hydrogens is 470 g/mol. The van der Waals surface area contributed by atoms with Crippen LogP contribution in [0.3, 0.4) is 0 Å². The Bertz CT molecular complexity index is 1220. The first-order chi connectivity index (χ1) is 18.3. The third kappa shape index (κ3) is 5.47. The van der Waals surface area contributed by atoms with E-state index in [9.17, 15) is 5.11 Å². The molecule has 4 rings (SSSR count). The predicted octanol–water partition coefficient (Wildman–Crippen LogP) is 6.58. The maximum atomic E-state index is 11.2. The molecule has 0 saturated carbocycles. The van der Waals surface area contributed by atoms with Crippen LogP contribution in [0.25, 0.3) is 5.69 Å². The van der Waals surface area contributed by atoms with Gasteiger partial charge in [-0.25, -0.2) is 4.68 Å². The Morgan fingerprint density at radius 1 is 0.974 bits per heavy atom. The fourth-order valence-electron chi connectivity index (χ4n) is 6.22. The Labute approximate surface area is 229 Å². The van der Waals surface area contributed by atoms with E-state index >= 15 is 0 Å². The first-order valence-corrected chi connectivity index (χ1v) is 14.6. The second kappa shape index (κ2) is 12.1. The van der Waals surface area contributed by atoms with Crippen LogP contribution in [0.2, 0.25) is 0 Å². The van der Waals surface area contributed by atoms with E-state index in [4.69, 9.17) is 9.84 Å². The molecule has 0 fully saturated rings. The van der Waals surface area contributed by atoms with Crippen molar-refractivity contribution < 1.29 is 9.84 Å². The highest BCUT2D eigenvalue weighted by Crippen LogP contribution is 2.34. The molecule has 0 saturated heterocycles. The topological polar surface area (TPSA) is 50.5 Å². The van der Waals surface area contributed by atoms with Crippen LogP contribution in [-0.4, -0.2) is 39.0 Å². The van der Waals surface area contributed by atoms with Gasteiger partial charge in [0.1, 0.15) is 0 Å². The summed E-state index contributed by atoms with van der Waals surface area (Å²) in [6, 6.07) is 13.5. The van der Waals surface area contributed by atoms with Gasteiger partial charge in [0.15, 0.2) is 0 Å². The second-order valence-corrected chi connectivity index (χ2v) is 10.9. The molecule has 3 aromatic rings. The molecule has 0 amide bonds. The van der Waals surface area contributed by atoms with Crippen LogP contribution in [0.15, 0.2) is 36.4 Å². The first kappa shape index (κ1) is 28.5. The van der Waals surface area contributed by atoms with Gasteiger partial charge < -0.3 is 9.84 Å². The number of hydrogen-bond donors (Lipinski definition) is 1. The smallest absolute Gasteiger partial charge is 0.0891 e. The molecule has 0 radical (unpaired) electrons. The van der Waals surface area contributed by atoms with Crippen molar-refractivity contribution in [2.75, 3.05) is 13.2 Å². The summed E-state index contributed by atoms with van der Waals surface area (Å²) in [7, 11) is 0. The molecule has 0 bridgehead atoms. The fourth-order valence-corrected chi connectivity index (χ4v) is 6.22. The van der Waals surface area contributed by atoms with Crippen LogP contribution in [0.1, 0.15) is 92.2 Å². The fraction of sp³-hybridized carbons (Fsp3) is 0.545. The average Bonchev–Trinajstić information content (AvgIpc) is 3.27. The van der Waals surface area contributed by atoms with Crippen LogP contribution in [-0.2, 0) is 42.7 Å². The zero-order chi connectivity index (χ0) is 27.4. The summed E-state index contributed by atoms with van der Waals surface area (Å²) in [6.07, 6.45) is 4.24. The monoisotopic (exact) mass is 517 g/mol. The lowest BCUT2D eigenvalue weighted by Gasteiger charge is -2.37. The van der Waals surface area contributed by atoms with E-state index in [1.165, 1.54) is 28.1 Å². The van der Waals surface area contributed by atoms with Crippen molar-refractivity contribution in [3.8, 4) is 5.69 Å². The summed E-state index contributed by atoms with van der Waals surface area (Å²) in [5.41, 5.74) is 10.4. The highest BCUT2D eigenvalue weighted by atomic mass is 16.5. The normalized spacial score (nSPS) is 16.2. The highest BCUT2D eigenvalue weighted by molar-refractivity contribution is 5.52. The summed E-state index contributed by atoms with van der Waals surface area (Å²) in [5, 5.41) is 16.4. The molecule has 1 atom stereocenters. The number of ether oxygens (including phenoxy) is 1. The number of benzene rings is 2. The Kier molecular flexibility index (Phi) is 9.12. The van der Waals surface area contributed by atoms with Gasteiger partial charge in [0.25, 0.3) is 0 Å². The summed E-state index contributed by atoms with van der Waals surface area (Å²) in [6.45, 7) is 18.3. The van der Waals surface area contributed by atoms with Gasteiger partial charge in [-0.2, -0.15) is 5.10 Å². The van der Waals surface area contributed by atoms with Gasteiger partial charge in [0.2, 0.25) is 0 Å². The van der Waals surface area contributed by atoms with E-state index in [0.717, 1.165) is 67.9 Å². The van der Waals surface area contributed by atoms with Crippen molar-refractivity contribution in [3.63, 3.8) is 0 Å². The standard InChI is InChI=1S/C33H47N3O2/c1-8-30-29(21-35-20-26-16-14-13-15-25(26)19-28(35)22-38-12-5)31(9-2)36(34-30)32-23(6)17-27(18-24(32)7)33(37,10-3)11-4/h13-18,28,37H,8-12,19-22H2,1-7H3. The molecule has 2 aromatic carbocycles. The van der Waals surface area contributed by atoms with Crippen LogP contribution < -0.4 is 0 Å². The maximum Gasteiger partial charge on any atom is 0.0891 e. The molecule has 38 heavy (non-hydrogen) atoms. The highest BCUT2D eigenvalue weighted by Gasteiger charge is 2.30. The van der Waals surface area contributed by atoms with Crippen molar-refractivity contribution in [1.82, 2.24) is 14.7 Å². The number of nitrogens with zero attached hydrogens (tertiary/aromatic N) is 3. The van der Waals surface area contributed by atoms with E-state index in [0.29, 0.717) is 18.9 Å². The molecule has 1 unspecified atom stereocenters. The van der Waals surface area contributed by atoms with Gasteiger partial charge in [-0.3, -0.25) is 4.90 Å². The molecule has 5 heteroatoms. The minimum absolute atomic E-state index is 0.353. The van der Waals surface area contributed by atoms with Crippen molar-refractivity contribution in [2.24, 2.45) is 0 Å².